The third-order valence-corrected chi connectivity index (χ3v) is 3.82. The van der Waals surface area contributed by atoms with Crippen molar-refractivity contribution in [1.29, 1.82) is 0 Å². The lowest BCUT2D eigenvalue weighted by Crippen LogP contribution is -2.15. The molecule has 1 amide bonds. The lowest BCUT2D eigenvalue weighted by atomic mass is 10.1. The molecule has 3 nitrogen and oxygen atoms in total. The van der Waals surface area contributed by atoms with Gasteiger partial charge in [-0.25, -0.2) is 8.78 Å². The third-order valence-electron chi connectivity index (χ3n) is 3.82. The van der Waals surface area contributed by atoms with Gasteiger partial charge in [-0.3, -0.25) is 4.79 Å². The van der Waals surface area contributed by atoms with Gasteiger partial charge in [0.1, 0.15) is 11.6 Å². The van der Waals surface area contributed by atoms with Crippen molar-refractivity contribution in [1.82, 2.24) is 4.98 Å². The number of rotatable bonds is 3. The normalized spacial score (nSPS) is 11.0. The molecule has 23 heavy (non-hydrogen) atoms. The number of benzene rings is 2. The SMILES string of the molecule is Cc1ccc2[nH]c(C)c(CC(=O)Nc3ccc(F)cc3F)c2c1. The fraction of sp³-hybridized carbons (Fsp3) is 0.167. The lowest BCUT2D eigenvalue weighted by molar-refractivity contribution is -0.115. The van der Waals surface area contributed by atoms with Gasteiger partial charge in [0, 0.05) is 22.7 Å². The fourth-order valence-corrected chi connectivity index (χ4v) is 2.67. The topological polar surface area (TPSA) is 44.9 Å². The number of aromatic nitrogens is 1. The lowest BCUT2D eigenvalue weighted by Gasteiger charge is -2.07. The molecule has 0 aliphatic rings. The minimum atomic E-state index is -0.787. The van der Waals surface area contributed by atoms with E-state index in [2.05, 4.69) is 10.3 Å². The van der Waals surface area contributed by atoms with Crippen molar-refractivity contribution < 1.29 is 13.6 Å². The predicted octanol–water partition coefficient (Wildman–Crippen LogP) is 4.24. The standard InChI is InChI=1S/C18H16F2N2O/c1-10-3-5-16-14(7-10)13(11(2)21-16)9-18(23)22-17-6-4-12(19)8-15(17)20/h3-8,21H,9H2,1-2H3,(H,22,23). The number of hydrogen-bond acceptors (Lipinski definition) is 1. The second-order valence-corrected chi connectivity index (χ2v) is 5.63. The Bertz CT molecular complexity index is 899. The van der Waals surface area contributed by atoms with E-state index < -0.39 is 11.6 Å². The van der Waals surface area contributed by atoms with Gasteiger partial charge in [-0.15, -0.1) is 0 Å². The first-order valence-corrected chi connectivity index (χ1v) is 7.27. The quantitative estimate of drug-likeness (QED) is 0.746. The van der Waals surface area contributed by atoms with Crippen LogP contribution in [0.5, 0.6) is 0 Å². The van der Waals surface area contributed by atoms with Crippen LogP contribution in [-0.2, 0) is 11.2 Å². The number of nitrogens with one attached hydrogen (secondary N) is 2. The van der Waals surface area contributed by atoms with E-state index in [0.717, 1.165) is 39.9 Å². The second kappa shape index (κ2) is 5.83. The Hall–Kier alpha value is -2.69. The molecule has 0 bridgehead atoms. The first-order chi connectivity index (χ1) is 10.9. The zero-order valence-electron chi connectivity index (χ0n) is 12.8. The van der Waals surface area contributed by atoms with Crippen LogP contribution in [0.3, 0.4) is 0 Å². The highest BCUT2D eigenvalue weighted by molar-refractivity contribution is 5.96. The Balaban J connectivity index is 1.85. The molecule has 0 aliphatic carbocycles. The molecule has 0 spiro atoms. The van der Waals surface area contributed by atoms with Gasteiger partial charge in [0.15, 0.2) is 0 Å². The average Bonchev–Trinajstić information content (AvgIpc) is 2.78. The Kier molecular flexibility index (Phi) is 3.86. The van der Waals surface area contributed by atoms with E-state index in [1.54, 1.807) is 0 Å². The zero-order valence-corrected chi connectivity index (χ0v) is 12.8. The van der Waals surface area contributed by atoms with Crippen LogP contribution in [0.2, 0.25) is 0 Å². The van der Waals surface area contributed by atoms with Gasteiger partial charge in [0.25, 0.3) is 0 Å². The highest BCUT2D eigenvalue weighted by Crippen LogP contribution is 2.24. The molecule has 0 atom stereocenters. The molecule has 0 saturated carbocycles. The summed E-state index contributed by atoms with van der Waals surface area (Å²) >= 11 is 0. The van der Waals surface area contributed by atoms with Crippen LogP contribution in [0.4, 0.5) is 14.5 Å². The maximum Gasteiger partial charge on any atom is 0.228 e. The first-order valence-electron chi connectivity index (χ1n) is 7.27. The monoisotopic (exact) mass is 314 g/mol. The van der Waals surface area contributed by atoms with Gasteiger partial charge in [0.05, 0.1) is 12.1 Å². The highest BCUT2D eigenvalue weighted by Gasteiger charge is 2.14. The van der Waals surface area contributed by atoms with Crippen molar-refractivity contribution >= 4 is 22.5 Å². The van der Waals surface area contributed by atoms with E-state index in [4.69, 9.17) is 0 Å². The smallest absolute Gasteiger partial charge is 0.228 e. The minimum absolute atomic E-state index is 0.0231. The number of hydrogen-bond donors (Lipinski definition) is 2. The van der Waals surface area contributed by atoms with Crippen molar-refractivity contribution in [3.63, 3.8) is 0 Å². The van der Waals surface area contributed by atoms with E-state index in [-0.39, 0.29) is 18.0 Å². The van der Waals surface area contributed by atoms with Gasteiger partial charge in [0.2, 0.25) is 5.91 Å². The van der Waals surface area contributed by atoms with E-state index >= 15 is 0 Å². The molecule has 1 aromatic heterocycles. The summed E-state index contributed by atoms with van der Waals surface area (Å²) in [6, 6.07) is 9.05. The van der Waals surface area contributed by atoms with Crippen LogP contribution >= 0.6 is 0 Å². The van der Waals surface area contributed by atoms with E-state index in [1.807, 2.05) is 32.0 Å². The first kappa shape index (κ1) is 15.2. The molecule has 2 N–H and O–H groups in total. The maximum absolute atomic E-state index is 13.6. The largest absolute Gasteiger partial charge is 0.358 e. The highest BCUT2D eigenvalue weighted by atomic mass is 19.1. The number of anilines is 1. The molecule has 3 aromatic rings. The van der Waals surface area contributed by atoms with E-state index in [1.165, 1.54) is 6.07 Å². The summed E-state index contributed by atoms with van der Waals surface area (Å²) in [4.78, 5) is 15.5. The molecular weight excluding hydrogens is 298 g/mol. The number of amides is 1. The Morgan fingerprint density at radius 3 is 2.65 bits per heavy atom. The summed E-state index contributed by atoms with van der Waals surface area (Å²) < 4.78 is 26.5. The number of carbonyl (C=O) groups is 1. The molecule has 0 unspecified atom stereocenters. The van der Waals surface area contributed by atoms with Crippen molar-refractivity contribution in [3.8, 4) is 0 Å². The fourth-order valence-electron chi connectivity index (χ4n) is 2.67. The van der Waals surface area contributed by atoms with Gasteiger partial charge in [-0.1, -0.05) is 11.6 Å². The molecule has 0 radical (unpaired) electrons. The molecule has 118 valence electrons. The van der Waals surface area contributed by atoms with Gasteiger partial charge >= 0.3 is 0 Å². The molecule has 0 fully saturated rings. The van der Waals surface area contributed by atoms with Crippen molar-refractivity contribution in [2.24, 2.45) is 0 Å². The molecular formula is C18H16F2N2O. The number of aryl methyl sites for hydroxylation is 2. The maximum atomic E-state index is 13.6. The summed E-state index contributed by atoms with van der Waals surface area (Å²) in [5.74, 6) is -1.81. The number of carbonyl (C=O) groups excluding carboxylic acids is 1. The number of aromatic amines is 1. The molecule has 1 heterocycles. The summed E-state index contributed by atoms with van der Waals surface area (Å²) in [7, 11) is 0. The predicted molar refractivity (Wildman–Crippen MR) is 86.5 cm³/mol. The average molecular weight is 314 g/mol. The minimum Gasteiger partial charge on any atom is -0.358 e. The van der Waals surface area contributed by atoms with Crippen molar-refractivity contribution in [3.05, 3.63) is 64.9 Å². The van der Waals surface area contributed by atoms with Crippen molar-refractivity contribution in [2.75, 3.05) is 5.32 Å². The Labute approximate surface area is 132 Å². The molecule has 0 saturated heterocycles. The van der Waals surface area contributed by atoms with Crippen LogP contribution in [0.25, 0.3) is 10.9 Å². The molecule has 5 heteroatoms. The number of fused-ring (bicyclic) bond motifs is 1. The molecule has 3 rings (SSSR count). The van der Waals surface area contributed by atoms with Crippen LogP contribution < -0.4 is 5.32 Å². The second-order valence-electron chi connectivity index (χ2n) is 5.63. The van der Waals surface area contributed by atoms with E-state index in [0.29, 0.717) is 0 Å². The Morgan fingerprint density at radius 2 is 1.91 bits per heavy atom. The Morgan fingerprint density at radius 1 is 1.13 bits per heavy atom. The van der Waals surface area contributed by atoms with Gasteiger partial charge < -0.3 is 10.3 Å². The van der Waals surface area contributed by atoms with Gasteiger partial charge in [-0.05, 0) is 43.7 Å². The zero-order chi connectivity index (χ0) is 16.6. The van der Waals surface area contributed by atoms with Gasteiger partial charge in [-0.2, -0.15) is 0 Å². The summed E-state index contributed by atoms with van der Waals surface area (Å²) in [5, 5.41) is 3.47. The number of H-pyrrole nitrogens is 1. The molecule has 2 aromatic carbocycles. The van der Waals surface area contributed by atoms with Crippen LogP contribution in [-0.4, -0.2) is 10.9 Å². The summed E-state index contributed by atoms with van der Waals surface area (Å²) in [5.41, 5.74) is 3.82. The third kappa shape index (κ3) is 3.08. The number of halogens is 2. The molecule has 0 aliphatic heterocycles. The van der Waals surface area contributed by atoms with Crippen molar-refractivity contribution in [2.45, 2.75) is 20.3 Å². The van der Waals surface area contributed by atoms with Crippen LogP contribution in [0.1, 0.15) is 16.8 Å². The van der Waals surface area contributed by atoms with Crippen LogP contribution in [0.15, 0.2) is 36.4 Å². The van der Waals surface area contributed by atoms with E-state index in [9.17, 15) is 13.6 Å². The van der Waals surface area contributed by atoms with Crippen LogP contribution in [0, 0.1) is 25.5 Å². The summed E-state index contributed by atoms with van der Waals surface area (Å²) in [6.45, 7) is 3.88. The summed E-state index contributed by atoms with van der Waals surface area (Å²) in [6.07, 6.45) is 0.117.